The standard InChI is InChI=1S/C26H41F3/c1-17(2)6-5-7-18-9-11-22-21-10-8-19-16-20(26(27,28)29)12-14-25(19,4)23(21)13-15-24(18,22)3/h6,18-23H,5,7-16H2,1-4H3. The molecular formula is C26H41F3. The van der Waals surface area contributed by atoms with Crippen molar-refractivity contribution in [1.82, 2.24) is 0 Å². The molecule has 4 aliphatic rings. The van der Waals surface area contributed by atoms with Crippen LogP contribution in [0.4, 0.5) is 13.2 Å². The largest absolute Gasteiger partial charge is 0.391 e. The van der Waals surface area contributed by atoms with E-state index in [-0.39, 0.29) is 5.41 Å². The van der Waals surface area contributed by atoms with Gasteiger partial charge in [-0.3, -0.25) is 0 Å². The van der Waals surface area contributed by atoms with E-state index in [0.717, 1.165) is 30.6 Å². The smallest absolute Gasteiger partial charge is 0.171 e. The Morgan fingerprint density at radius 3 is 2.28 bits per heavy atom. The molecule has 0 amide bonds. The number of hydrogen-bond donors (Lipinski definition) is 0. The van der Waals surface area contributed by atoms with Gasteiger partial charge in [0.15, 0.2) is 0 Å². The SMILES string of the molecule is CC(C)=CCCC1CCC2C3CCC4CC(C(F)(F)F)CCC4(C)C3CCC12C. The molecule has 8 unspecified atom stereocenters. The van der Waals surface area contributed by atoms with Crippen LogP contribution in [-0.4, -0.2) is 6.18 Å². The molecule has 4 saturated carbocycles. The van der Waals surface area contributed by atoms with Crippen molar-refractivity contribution in [2.24, 2.45) is 46.3 Å². The highest BCUT2D eigenvalue weighted by Gasteiger charge is 2.61. The van der Waals surface area contributed by atoms with E-state index in [1.807, 2.05) is 0 Å². The second-order valence-electron chi connectivity index (χ2n) is 11.8. The van der Waals surface area contributed by atoms with E-state index in [1.54, 1.807) is 0 Å². The molecule has 29 heavy (non-hydrogen) atoms. The monoisotopic (exact) mass is 410 g/mol. The molecule has 0 aromatic heterocycles. The quantitative estimate of drug-likeness (QED) is 0.409. The first-order valence-electron chi connectivity index (χ1n) is 12.3. The Bertz CT molecular complexity index is 630. The predicted octanol–water partition coefficient (Wildman–Crippen LogP) is 8.57. The number of hydrogen-bond acceptors (Lipinski definition) is 0. The summed E-state index contributed by atoms with van der Waals surface area (Å²) >= 11 is 0. The Labute approximate surface area is 176 Å². The Morgan fingerprint density at radius 1 is 0.897 bits per heavy atom. The molecule has 0 aromatic carbocycles. The Balaban J connectivity index is 1.48. The highest BCUT2D eigenvalue weighted by molar-refractivity contribution is 5.09. The first-order chi connectivity index (χ1) is 13.6. The van der Waals surface area contributed by atoms with Crippen molar-refractivity contribution in [3.63, 3.8) is 0 Å². The molecule has 0 bridgehead atoms. The number of allylic oxidation sites excluding steroid dienone is 2. The first kappa shape index (κ1) is 21.8. The van der Waals surface area contributed by atoms with E-state index in [4.69, 9.17) is 0 Å². The van der Waals surface area contributed by atoms with E-state index in [1.165, 1.54) is 50.5 Å². The van der Waals surface area contributed by atoms with Crippen molar-refractivity contribution in [2.75, 3.05) is 0 Å². The van der Waals surface area contributed by atoms with E-state index < -0.39 is 12.1 Å². The third kappa shape index (κ3) is 3.71. The molecule has 0 radical (unpaired) electrons. The third-order valence-corrected chi connectivity index (χ3v) is 10.4. The summed E-state index contributed by atoms with van der Waals surface area (Å²) in [6.45, 7) is 9.34. The van der Waals surface area contributed by atoms with E-state index in [2.05, 4.69) is 33.8 Å². The van der Waals surface area contributed by atoms with Crippen LogP contribution in [-0.2, 0) is 0 Å². The fourth-order valence-corrected chi connectivity index (χ4v) is 8.71. The van der Waals surface area contributed by atoms with Crippen LogP contribution in [0.15, 0.2) is 11.6 Å². The molecule has 0 aliphatic heterocycles. The van der Waals surface area contributed by atoms with Gasteiger partial charge in [0.05, 0.1) is 5.92 Å². The summed E-state index contributed by atoms with van der Waals surface area (Å²) in [5.74, 6) is 2.35. The van der Waals surface area contributed by atoms with Crippen molar-refractivity contribution in [1.29, 1.82) is 0 Å². The minimum absolute atomic E-state index is 0.159. The van der Waals surface area contributed by atoms with Gasteiger partial charge in [0, 0.05) is 0 Å². The fraction of sp³-hybridized carbons (Fsp3) is 0.923. The van der Waals surface area contributed by atoms with Gasteiger partial charge in [-0.1, -0.05) is 25.5 Å². The van der Waals surface area contributed by atoms with Crippen LogP contribution in [0.3, 0.4) is 0 Å². The van der Waals surface area contributed by atoms with Gasteiger partial charge in [-0.05, 0) is 125 Å². The first-order valence-corrected chi connectivity index (χ1v) is 12.3. The summed E-state index contributed by atoms with van der Waals surface area (Å²) in [5.41, 5.74) is 2.06. The van der Waals surface area contributed by atoms with Crippen LogP contribution in [0.1, 0.15) is 98.3 Å². The molecule has 0 spiro atoms. The summed E-state index contributed by atoms with van der Waals surface area (Å²) in [4.78, 5) is 0. The molecule has 0 heterocycles. The average molecular weight is 411 g/mol. The van der Waals surface area contributed by atoms with Gasteiger partial charge in [-0.15, -0.1) is 0 Å². The molecule has 3 heteroatoms. The van der Waals surface area contributed by atoms with Crippen molar-refractivity contribution in [3.8, 4) is 0 Å². The highest BCUT2D eigenvalue weighted by atomic mass is 19.4. The fourth-order valence-electron chi connectivity index (χ4n) is 8.71. The summed E-state index contributed by atoms with van der Waals surface area (Å²) in [6.07, 6.45) is 10.0. The molecular weight excluding hydrogens is 369 g/mol. The lowest BCUT2D eigenvalue weighted by Gasteiger charge is -2.61. The highest BCUT2D eigenvalue weighted by Crippen LogP contribution is 2.68. The van der Waals surface area contributed by atoms with E-state index in [0.29, 0.717) is 30.1 Å². The molecule has 166 valence electrons. The van der Waals surface area contributed by atoms with Gasteiger partial charge >= 0.3 is 6.18 Å². The van der Waals surface area contributed by atoms with E-state index >= 15 is 0 Å². The van der Waals surface area contributed by atoms with Crippen LogP contribution in [0, 0.1) is 46.3 Å². The molecule has 4 aliphatic carbocycles. The minimum Gasteiger partial charge on any atom is -0.171 e. The van der Waals surface area contributed by atoms with Gasteiger partial charge in [-0.2, -0.15) is 13.2 Å². The summed E-state index contributed by atoms with van der Waals surface area (Å²) in [6, 6.07) is 0. The molecule has 0 N–H and O–H groups in total. The zero-order chi connectivity index (χ0) is 21.0. The minimum atomic E-state index is -3.99. The second kappa shape index (κ2) is 7.59. The Kier molecular flexibility index (Phi) is 5.69. The molecule has 8 atom stereocenters. The zero-order valence-corrected chi connectivity index (χ0v) is 19.0. The second-order valence-corrected chi connectivity index (χ2v) is 11.8. The van der Waals surface area contributed by atoms with Crippen LogP contribution in [0.2, 0.25) is 0 Å². The normalized spacial score (nSPS) is 47.1. The van der Waals surface area contributed by atoms with Crippen LogP contribution in [0.5, 0.6) is 0 Å². The lowest BCUT2D eigenvalue weighted by atomic mass is 9.44. The lowest BCUT2D eigenvalue weighted by Crippen LogP contribution is -2.54. The van der Waals surface area contributed by atoms with Crippen molar-refractivity contribution < 1.29 is 13.2 Å². The van der Waals surface area contributed by atoms with E-state index in [9.17, 15) is 13.2 Å². The maximum atomic E-state index is 13.4. The van der Waals surface area contributed by atoms with Gasteiger partial charge < -0.3 is 0 Å². The Morgan fingerprint density at radius 2 is 1.59 bits per heavy atom. The van der Waals surface area contributed by atoms with Gasteiger partial charge in [-0.25, -0.2) is 0 Å². The van der Waals surface area contributed by atoms with Crippen molar-refractivity contribution >= 4 is 0 Å². The topological polar surface area (TPSA) is 0 Å². The van der Waals surface area contributed by atoms with Crippen LogP contribution < -0.4 is 0 Å². The van der Waals surface area contributed by atoms with Gasteiger partial charge in [0.25, 0.3) is 0 Å². The third-order valence-electron chi connectivity index (χ3n) is 10.4. The van der Waals surface area contributed by atoms with Crippen LogP contribution in [0.25, 0.3) is 0 Å². The number of fused-ring (bicyclic) bond motifs is 5. The molecule has 4 fully saturated rings. The summed E-state index contributed by atoms with van der Waals surface area (Å²) in [7, 11) is 0. The van der Waals surface area contributed by atoms with Gasteiger partial charge in [0.2, 0.25) is 0 Å². The number of halogens is 3. The number of alkyl halides is 3. The lowest BCUT2D eigenvalue weighted by molar-refractivity contribution is -0.208. The summed E-state index contributed by atoms with van der Waals surface area (Å²) in [5, 5.41) is 0. The van der Waals surface area contributed by atoms with Gasteiger partial charge in [0.1, 0.15) is 0 Å². The molecule has 0 saturated heterocycles. The molecule has 0 aromatic rings. The van der Waals surface area contributed by atoms with Crippen molar-refractivity contribution in [2.45, 2.75) is 105 Å². The maximum absolute atomic E-state index is 13.4. The van der Waals surface area contributed by atoms with Crippen molar-refractivity contribution in [3.05, 3.63) is 11.6 Å². The molecule has 4 rings (SSSR count). The molecule has 0 nitrogen and oxygen atoms in total. The van der Waals surface area contributed by atoms with Crippen LogP contribution >= 0.6 is 0 Å². The number of rotatable bonds is 3. The predicted molar refractivity (Wildman–Crippen MR) is 113 cm³/mol. The Hall–Kier alpha value is -0.470. The zero-order valence-electron chi connectivity index (χ0n) is 19.0. The average Bonchev–Trinajstić information content (AvgIpc) is 2.96. The summed E-state index contributed by atoms with van der Waals surface area (Å²) < 4.78 is 40.1. The maximum Gasteiger partial charge on any atom is 0.391 e.